The summed E-state index contributed by atoms with van der Waals surface area (Å²) in [4.78, 5) is 8.40. The van der Waals surface area contributed by atoms with Gasteiger partial charge in [0.25, 0.3) is 0 Å². The van der Waals surface area contributed by atoms with E-state index >= 15 is 0 Å². The van der Waals surface area contributed by atoms with Crippen LogP contribution in [0.15, 0.2) is 41.9 Å². The minimum atomic E-state index is 0. The van der Waals surface area contributed by atoms with E-state index in [4.69, 9.17) is 4.74 Å². The molecular formula is C21H33IN6O. The lowest BCUT2D eigenvalue weighted by molar-refractivity contribution is -0.133. The van der Waals surface area contributed by atoms with Gasteiger partial charge in [-0.25, -0.2) is 9.67 Å². The van der Waals surface area contributed by atoms with Crippen LogP contribution in [0.4, 0.5) is 0 Å². The van der Waals surface area contributed by atoms with Crippen LogP contribution in [-0.4, -0.2) is 46.5 Å². The Labute approximate surface area is 190 Å². The smallest absolute Gasteiger partial charge is 0.191 e. The minimum absolute atomic E-state index is 0. The fourth-order valence-electron chi connectivity index (χ4n) is 4.24. The van der Waals surface area contributed by atoms with Crippen molar-refractivity contribution >= 4 is 29.9 Å². The predicted molar refractivity (Wildman–Crippen MR) is 127 cm³/mol. The molecule has 1 saturated carbocycles. The summed E-state index contributed by atoms with van der Waals surface area (Å²) in [5.41, 5.74) is 2.37. The van der Waals surface area contributed by atoms with E-state index in [1.165, 1.54) is 11.9 Å². The predicted octanol–water partition coefficient (Wildman–Crippen LogP) is 3.53. The highest BCUT2D eigenvalue weighted by Gasteiger charge is 2.53. The van der Waals surface area contributed by atoms with Gasteiger partial charge < -0.3 is 15.4 Å². The number of rotatable bonds is 8. The Kier molecular flexibility index (Phi) is 8.88. The molecule has 0 bridgehead atoms. The van der Waals surface area contributed by atoms with Gasteiger partial charge >= 0.3 is 0 Å². The van der Waals surface area contributed by atoms with Gasteiger partial charge in [0.15, 0.2) is 5.96 Å². The third-order valence-electron chi connectivity index (χ3n) is 6.08. The van der Waals surface area contributed by atoms with E-state index < -0.39 is 0 Å². The molecule has 1 aliphatic carbocycles. The van der Waals surface area contributed by atoms with Crippen LogP contribution >= 0.6 is 24.0 Å². The number of aromatic nitrogens is 3. The molecule has 1 aromatic carbocycles. The van der Waals surface area contributed by atoms with Crippen molar-refractivity contribution in [2.75, 3.05) is 13.7 Å². The molecule has 2 unspecified atom stereocenters. The Balaban J connectivity index is 0.00000300. The van der Waals surface area contributed by atoms with Crippen LogP contribution in [0.2, 0.25) is 0 Å². The lowest BCUT2D eigenvalue weighted by Gasteiger charge is -2.55. The number of nitrogens with one attached hydrogen (secondary N) is 2. The van der Waals surface area contributed by atoms with Crippen molar-refractivity contribution in [3.05, 3.63) is 42.5 Å². The number of benzene rings is 1. The van der Waals surface area contributed by atoms with Crippen LogP contribution in [0.1, 0.15) is 45.6 Å². The van der Waals surface area contributed by atoms with Crippen LogP contribution < -0.4 is 10.6 Å². The summed E-state index contributed by atoms with van der Waals surface area (Å²) in [6.45, 7) is 8.08. The van der Waals surface area contributed by atoms with Crippen molar-refractivity contribution in [1.29, 1.82) is 0 Å². The number of guanidine groups is 1. The molecule has 0 radical (unpaired) electrons. The van der Waals surface area contributed by atoms with Crippen molar-refractivity contribution in [3.63, 3.8) is 0 Å². The van der Waals surface area contributed by atoms with E-state index in [1.807, 2.05) is 19.2 Å². The molecule has 0 spiro atoms. The molecule has 3 rings (SSSR count). The quantitative estimate of drug-likeness (QED) is 0.322. The summed E-state index contributed by atoms with van der Waals surface area (Å²) in [5, 5.41) is 11.2. The van der Waals surface area contributed by atoms with Crippen LogP contribution in [0.3, 0.4) is 0 Å². The maximum atomic E-state index is 5.98. The molecule has 8 heteroatoms. The van der Waals surface area contributed by atoms with Crippen molar-refractivity contribution in [2.24, 2.45) is 10.4 Å². The first-order valence-corrected chi connectivity index (χ1v) is 10.2. The second-order valence-corrected chi connectivity index (χ2v) is 7.25. The maximum absolute atomic E-state index is 5.98. The maximum Gasteiger partial charge on any atom is 0.191 e. The SMILES string of the molecule is CCOC1CC(NC(=NC)NCc2ccc(-n3cncn3)cc2)C1(CC)CC.I. The molecule has 7 nitrogen and oxygen atoms in total. The standard InChI is InChI=1S/C21H32N6O.HI/c1-5-21(6-2)18(12-19(21)28-7-3)26-20(22-4)24-13-16-8-10-17(11-9-16)27-15-23-14-25-27;/h8-11,14-15,18-19H,5-7,12-13H2,1-4H3,(H2,22,24,26);1H. The zero-order valence-electron chi connectivity index (χ0n) is 17.8. The molecule has 29 heavy (non-hydrogen) atoms. The first-order chi connectivity index (χ1) is 13.7. The lowest BCUT2D eigenvalue weighted by Crippen LogP contribution is -2.65. The Morgan fingerprint density at radius 1 is 1.24 bits per heavy atom. The summed E-state index contributed by atoms with van der Waals surface area (Å²) in [6.07, 6.45) is 6.81. The number of aliphatic imine (C=N–C) groups is 1. The van der Waals surface area contributed by atoms with E-state index in [2.05, 4.69) is 58.6 Å². The first kappa shape index (κ1) is 23.6. The topological polar surface area (TPSA) is 76.4 Å². The van der Waals surface area contributed by atoms with Gasteiger partial charge in [0.05, 0.1) is 11.8 Å². The second kappa shape index (κ2) is 10.9. The molecule has 0 saturated heterocycles. The largest absolute Gasteiger partial charge is 0.378 e. The molecule has 1 fully saturated rings. The monoisotopic (exact) mass is 512 g/mol. The highest BCUT2D eigenvalue weighted by molar-refractivity contribution is 14.0. The van der Waals surface area contributed by atoms with Gasteiger partial charge in [0, 0.05) is 31.7 Å². The third-order valence-corrected chi connectivity index (χ3v) is 6.08. The van der Waals surface area contributed by atoms with Gasteiger partial charge in [0.1, 0.15) is 12.7 Å². The summed E-state index contributed by atoms with van der Waals surface area (Å²) in [6, 6.07) is 8.65. The zero-order valence-corrected chi connectivity index (χ0v) is 20.1. The first-order valence-electron chi connectivity index (χ1n) is 10.2. The summed E-state index contributed by atoms with van der Waals surface area (Å²) >= 11 is 0. The molecule has 2 aromatic rings. The van der Waals surface area contributed by atoms with Crippen molar-refractivity contribution in [1.82, 2.24) is 25.4 Å². The molecule has 1 aromatic heterocycles. The fraction of sp³-hybridized carbons (Fsp3) is 0.571. The number of halogens is 1. The van der Waals surface area contributed by atoms with E-state index in [1.54, 1.807) is 11.0 Å². The number of hydrogen-bond donors (Lipinski definition) is 2. The van der Waals surface area contributed by atoms with Gasteiger partial charge in [-0.1, -0.05) is 26.0 Å². The summed E-state index contributed by atoms with van der Waals surface area (Å²) in [7, 11) is 1.82. The van der Waals surface area contributed by atoms with Crippen LogP contribution in [0.25, 0.3) is 5.69 Å². The van der Waals surface area contributed by atoms with Gasteiger partial charge in [-0.3, -0.25) is 4.99 Å². The Bertz CT molecular complexity index is 758. The van der Waals surface area contributed by atoms with E-state index in [-0.39, 0.29) is 29.4 Å². The number of ether oxygens (including phenoxy) is 1. The lowest BCUT2D eigenvalue weighted by atomic mass is 9.58. The Hall–Kier alpha value is -1.68. The van der Waals surface area contributed by atoms with E-state index in [0.29, 0.717) is 18.7 Å². The van der Waals surface area contributed by atoms with Crippen LogP contribution in [0, 0.1) is 5.41 Å². The average Bonchev–Trinajstić information content (AvgIpc) is 3.26. The van der Waals surface area contributed by atoms with E-state index in [0.717, 1.165) is 37.5 Å². The Morgan fingerprint density at radius 3 is 2.52 bits per heavy atom. The summed E-state index contributed by atoms with van der Waals surface area (Å²) in [5.74, 6) is 0.839. The fourth-order valence-corrected chi connectivity index (χ4v) is 4.24. The normalized spacial score (nSPS) is 20.5. The molecule has 2 N–H and O–H groups in total. The minimum Gasteiger partial charge on any atom is -0.378 e. The highest BCUT2D eigenvalue weighted by atomic mass is 127. The zero-order chi connectivity index (χ0) is 20.0. The van der Waals surface area contributed by atoms with Crippen molar-refractivity contribution in [3.8, 4) is 5.69 Å². The molecule has 160 valence electrons. The van der Waals surface area contributed by atoms with Crippen LogP contribution in [0.5, 0.6) is 0 Å². The molecule has 0 aliphatic heterocycles. The molecular weight excluding hydrogens is 479 g/mol. The van der Waals surface area contributed by atoms with Crippen molar-refractivity contribution < 1.29 is 4.74 Å². The molecule has 1 aliphatic rings. The van der Waals surface area contributed by atoms with Gasteiger partial charge in [-0.05, 0) is 43.9 Å². The average molecular weight is 512 g/mol. The number of nitrogens with zero attached hydrogens (tertiary/aromatic N) is 4. The van der Waals surface area contributed by atoms with Crippen LogP contribution in [-0.2, 0) is 11.3 Å². The van der Waals surface area contributed by atoms with E-state index in [9.17, 15) is 0 Å². The third kappa shape index (κ3) is 5.09. The summed E-state index contributed by atoms with van der Waals surface area (Å²) < 4.78 is 7.73. The van der Waals surface area contributed by atoms with Gasteiger partial charge in [0.2, 0.25) is 0 Å². The molecule has 0 amide bonds. The Morgan fingerprint density at radius 2 is 1.97 bits per heavy atom. The highest BCUT2D eigenvalue weighted by Crippen LogP contribution is 2.48. The molecule has 1 heterocycles. The molecule has 2 atom stereocenters. The second-order valence-electron chi connectivity index (χ2n) is 7.25. The number of hydrogen-bond acceptors (Lipinski definition) is 4. The van der Waals surface area contributed by atoms with Gasteiger partial charge in [-0.2, -0.15) is 5.10 Å². The van der Waals surface area contributed by atoms with Gasteiger partial charge in [-0.15, -0.1) is 24.0 Å². The van der Waals surface area contributed by atoms with Crippen molar-refractivity contribution in [2.45, 2.75) is 58.7 Å².